The Balaban J connectivity index is 1.31. The van der Waals surface area contributed by atoms with Gasteiger partial charge in [-0.05, 0) is 56.3 Å². The third-order valence-electron chi connectivity index (χ3n) is 5.11. The molecular formula is C17H25N3. The van der Waals surface area contributed by atoms with E-state index in [1.807, 2.05) is 0 Å². The van der Waals surface area contributed by atoms with Crippen LogP contribution in [0, 0.1) is 0 Å². The number of likely N-dealkylation sites (tertiary alicyclic amines) is 1. The molecule has 0 spiro atoms. The first-order chi connectivity index (χ1) is 9.90. The van der Waals surface area contributed by atoms with Gasteiger partial charge in [0, 0.05) is 30.9 Å². The summed E-state index contributed by atoms with van der Waals surface area (Å²) in [5.74, 6) is 0. The summed E-state index contributed by atoms with van der Waals surface area (Å²) >= 11 is 0. The molecule has 1 aliphatic carbocycles. The number of hydrogen-bond donors (Lipinski definition) is 2. The molecule has 4 rings (SSSR count). The molecule has 108 valence electrons. The van der Waals surface area contributed by atoms with Crippen LogP contribution in [0.4, 0.5) is 5.69 Å². The number of hydrogen-bond acceptors (Lipinski definition) is 3. The molecule has 0 atom stereocenters. The summed E-state index contributed by atoms with van der Waals surface area (Å²) in [6, 6.07) is 8.38. The van der Waals surface area contributed by atoms with Crippen LogP contribution in [0.15, 0.2) is 18.2 Å². The molecule has 3 aliphatic rings. The van der Waals surface area contributed by atoms with Gasteiger partial charge in [0.25, 0.3) is 0 Å². The molecule has 2 heterocycles. The second-order valence-corrected chi connectivity index (χ2v) is 6.55. The van der Waals surface area contributed by atoms with Crippen molar-refractivity contribution < 1.29 is 0 Å². The van der Waals surface area contributed by atoms with E-state index in [0.29, 0.717) is 6.04 Å². The molecule has 2 aliphatic heterocycles. The molecule has 0 radical (unpaired) electrons. The molecular weight excluding hydrogens is 246 g/mol. The number of para-hydroxylation sites is 1. The minimum Gasteiger partial charge on any atom is -0.384 e. The van der Waals surface area contributed by atoms with Crippen LogP contribution in [-0.4, -0.2) is 36.6 Å². The van der Waals surface area contributed by atoms with Crippen molar-refractivity contribution in [1.82, 2.24) is 10.2 Å². The highest BCUT2D eigenvalue weighted by molar-refractivity contribution is 5.61. The highest BCUT2D eigenvalue weighted by Gasteiger charge is 2.31. The van der Waals surface area contributed by atoms with Crippen molar-refractivity contribution in [2.75, 3.05) is 25.0 Å². The van der Waals surface area contributed by atoms with E-state index in [1.165, 1.54) is 62.0 Å². The molecule has 0 bridgehead atoms. The van der Waals surface area contributed by atoms with Crippen LogP contribution in [0.1, 0.15) is 36.8 Å². The number of piperidine rings is 1. The Kier molecular flexibility index (Phi) is 3.41. The van der Waals surface area contributed by atoms with Gasteiger partial charge in [-0.1, -0.05) is 18.2 Å². The summed E-state index contributed by atoms with van der Waals surface area (Å²) in [6.45, 7) is 4.72. The van der Waals surface area contributed by atoms with E-state index in [-0.39, 0.29) is 0 Å². The lowest BCUT2D eigenvalue weighted by Gasteiger charge is -2.32. The monoisotopic (exact) mass is 271 g/mol. The fraction of sp³-hybridized carbons (Fsp3) is 0.647. The fourth-order valence-electron chi connectivity index (χ4n) is 3.72. The van der Waals surface area contributed by atoms with Crippen LogP contribution in [0.5, 0.6) is 0 Å². The molecule has 3 nitrogen and oxygen atoms in total. The second kappa shape index (κ2) is 5.38. The summed E-state index contributed by atoms with van der Waals surface area (Å²) < 4.78 is 0. The number of nitrogens with one attached hydrogen (secondary N) is 2. The first-order valence-electron chi connectivity index (χ1n) is 8.22. The topological polar surface area (TPSA) is 27.3 Å². The van der Waals surface area contributed by atoms with Gasteiger partial charge in [0.05, 0.1) is 0 Å². The molecule has 2 N–H and O–H groups in total. The first kappa shape index (κ1) is 12.7. The lowest BCUT2D eigenvalue weighted by molar-refractivity contribution is 0.189. The Labute approximate surface area is 121 Å². The molecule has 0 unspecified atom stereocenters. The van der Waals surface area contributed by atoms with Gasteiger partial charge >= 0.3 is 0 Å². The molecule has 0 amide bonds. The number of rotatable bonds is 4. The first-order valence-corrected chi connectivity index (χ1v) is 8.22. The molecule has 0 aromatic heterocycles. The summed E-state index contributed by atoms with van der Waals surface area (Å²) in [4.78, 5) is 2.69. The van der Waals surface area contributed by atoms with Crippen LogP contribution >= 0.6 is 0 Å². The van der Waals surface area contributed by atoms with E-state index >= 15 is 0 Å². The van der Waals surface area contributed by atoms with Crippen LogP contribution in [-0.2, 0) is 13.0 Å². The van der Waals surface area contributed by atoms with E-state index < -0.39 is 0 Å². The van der Waals surface area contributed by atoms with Gasteiger partial charge < -0.3 is 15.5 Å². The lowest BCUT2D eigenvalue weighted by atomic mass is 10.0. The van der Waals surface area contributed by atoms with E-state index in [9.17, 15) is 0 Å². The maximum atomic E-state index is 3.78. The quantitative estimate of drug-likeness (QED) is 0.880. The maximum absolute atomic E-state index is 3.78. The van der Waals surface area contributed by atoms with Gasteiger partial charge in [0.2, 0.25) is 0 Å². The smallest absolute Gasteiger partial charge is 0.0419 e. The van der Waals surface area contributed by atoms with Crippen LogP contribution in [0.25, 0.3) is 0 Å². The summed E-state index contributed by atoms with van der Waals surface area (Å²) in [5, 5.41) is 7.32. The molecule has 1 saturated carbocycles. The third-order valence-corrected chi connectivity index (χ3v) is 5.11. The van der Waals surface area contributed by atoms with Crippen molar-refractivity contribution in [2.45, 2.75) is 50.7 Å². The number of fused-ring (bicyclic) bond motifs is 1. The van der Waals surface area contributed by atoms with Crippen molar-refractivity contribution >= 4 is 5.69 Å². The van der Waals surface area contributed by atoms with Gasteiger partial charge in [-0.25, -0.2) is 0 Å². The van der Waals surface area contributed by atoms with Crippen molar-refractivity contribution in [3.05, 3.63) is 29.3 Å². The van der Waals surface area contributed by atoms with Crippen molar-refractivity contribution in [3.63, 3.8) is 0 Å². The average molecular weight is 271 g/mol. The largest absolute Gasteiger partial charge is 0.384 e. The standard InChI is InChI=1S/C17H25N3/c1-2-13-6-9-18-17(13)14(3-1)12-19-15-7-10-20(11-8-15)16-4-5-16/h1-3,15-16,18-19H,4-12H2. The van der Waals surface area contributed by atoms with Crippen LogP contribution in [0.3, 0.4) is 0 Å². The van der Waals surface area contributed by atoms with E-state index in [2.05, 4.69) is 33.7 Å². The van der Waals surface area contributed by atoms with E-state index in [0.717, 1.165) is 19.1 Å². The zero-order valence-corrected chi connectivity index (χ0v) is 12.2. The van der Waals surface area contributed by atoms with Gasteiger partial charge in [0.1, 0.15) is 0 Å². The molecule has 3 heteroatoms. The molecule has 1 aromatic carbocycles. The predicted molar refractivity (Wildman–Crippen MR) is 83.1 cm³/mol. The fourth-order valence-corrected chi connectivity index (χ4v) is 3.72. The van der Waals surface area contributed by atoms with Crippen molar-refractivity contribution in [3.8, 4) is 0 Å². The number of benzene rings is 1. The number of nitrogens with zero attached hydrogens (tertiary/aromatic N) is 1. The Morgan fingerprint density at radius 3 is 2.80 bits per heavy atom. The predicted octanol–water partition coefficient (Wildman–Crippen LogP) is 2.37. The maximum Gasteiger partial charge on any atom is 0.0419 e. The SMILES string of the molecule is c1cc2c(c(CNC3CCN(C4CC4)CC3)c1)NCC2. The van der Waals surface area contributed by atoms with Crippen molar-refractivity contribution in [1.29, 1.82) is 0 Å². The van der Waals surface area contributed by atoms with E-state index in [1.54, 1.807) is 0 Å². The Bertz CT molecular complexity index is 473. The highest BCUT2D eigenvalue weighted by atomic mass is 15.2. The molecule has 20 heavy (non-hydrogen) atoms. The highest BCUT2D eigenvalue weighted by Crippen LogP contribution is 2.30. The zero-order valence-electron chi connectivity index (χ0n) is 12.2. The normalized spacial score (nSPS) is 23.6. The molecule has 1 aromatic rings. The molecule has 2 fully saturated rings. The minimum absolute atomic E-state index is 0.710. The summed E-state index contributed by atoms with van der Waals surface area (Å²) in [5.41, 5.74) is 4.34. The number of anilines is 1. The van der Waals surface area contributed by atoms with Crippen LogP contribution in [0.2, 0.25) is 0 Å². The van der Waals surface area contributed by atoms with Gasteiger partial charge in [0.15, 0.2) is 0 Å². The van der Waals surface area contributed by atoms with E-state index in [4.69, 9.17) is 0 Å². The lowest BCUT2D eigenvalue weighted by Crippen LogP contribution is -2.43. The third kappa shape index (κ3) is 2.57. The molecule has 1 saturated heterocycles. The Morgan fingerprint density at radius 1 is 1.15 bits per heavy atom. The van der Waals surface area contributed by atoms with Crippen LogP contribution < -0.4 is 10.6 Å². The minimum atomic E-state index is 0.710. The summed E-state index contributed by atoms with van der Waals surface area (Å²) in [7, 11) is 0. The average Bonchev–Trinajstić information content (AvgIpc) is 3.23. The van der Waals surface area contributed by atoms with Gasteiger partial charge in [-0.2, -0.15) is 0 Å². The Morgan fingerprint density at radius 2 is 2.00 bits per heavy atom. The van der Waals surface area contributed by atoms with Crippen molar-refractivity contribution in [2.24, 2.45) is 0 Å². The second-order valence-electron chi connectivity index (χ2n) is 6.55. The summed E-state index contributed by atoms with van der Waals surface area (Å²) in [6.07, 6.45) is 6.71. The van der Waals surface area contributed by atoms with Gasteiger partial charge in [-0.15, -0.1) is 0 Å². The Hall–Kier alpha value is -1.06. The zero-order chi connectivity index (χ0) is 13.4. The van der Waals surface area contributed by atoms with Gasteiger partial charge in [-0.3, -0.25) is 0 Å².